The van der Waals surface area contributed by atoms with Crippen LogP contribution in [0.4, 0.5) is 34.1 Å². The highest BCUT2D eigenvalue weighted by atomic mass is 15.1. The maximum Gasteiger partial charge on any atom is 0.0543 e. The van der Waals surface area contributed by atoms with Gasteiger partial charge in [-0.3, -0.25) is 0 Å². The molecule has 0 spiro atoms. The molecule has 10 rings (SSSR count). The standard InChI is InChI=1S/C61H58N2/c1-9-41-29-33-45(34-30-41)62(43-21-13-11-14-22-43)47-37-38-52-53(39-47)48-25-17-19-27-50(48)57-56-51-28-20-18-26-49(51)55(40-54(56)61(58(52)57,59(3,4)5)60(6,7)8)63(44-23-15-12-16-24-44)46-35-31-42(10-2)32-36-46/h11-40H,9-10H2,1-8H3. The van der Waals surface area contributed by atoms with Crippen LogP contribution in [0, 0.1) is 10.8 Å². The van der Waals surface area contributed by atoms with Crippen LogP contribution in [0.3, 0.4) is 0 Å². The number of hydrogen-bond acceptors (Lipinski definition) is 2. The second-order valence-corrected chi connectivity index (χ2v) is 19.5. The van der Waals surface area contributed by atoms with Gasteiger partial charge in [0.05, 0.1) is 5.69 Å². The number of fused-ring (bicyclic) bond motifs is 10. The third kappa shape index (κ3) is 6.29. The molecule has 0 saturated heterocycles. The first-order valence-corrected chi connectivity index (χ1v) is 22.9. The van der Waals surface area contributed by atoms with E-state index in [0.29, 0.717) is 0 Å². The Balaban J connectivity index is 1.33. The second-order valence-electron chi connectivity index (χ2n) is 19.5. The van der Waals surface area contributed by atoms with Crippen molar-refractivity contribution in [3.8, 4) is 11.1 Å². The molecular formula is C61H58N2. The van der Waals surface area contributed by atoms with Gasteiger partial charge in [0.25, 0.3) is 0 Å². The van der Waals surface area contributed by atoms with Crippen molar-refractivity contribution >= 4 is 66.4 Å². The van der Waals surface area contributed by atoms with Gasteiger partial charge in [-0.15, -0.1) is 0 Å². The Morgan fingerprint density at radius 2 is 0.794 bits per heavy atom. The van der Waals surface area contributed by atoms with Gasteiger partial charge in [0.15, 0.2) is 0 Å². The minimum Gasteiger partial charge on any atom is -0.310 e. The monoisotopic (exact) mass is 818 g/mol. The summed E-state index contributed by atoms with van der Waals surface area (Å²) in [5.41, 5.74) is 14.4. The minimum absolute atomic E-state index is 0.198. The van der Waals surface area contributed by atoms with Gasteiger partial charge in [0.1, 0.15) is 0 Å². The van der Waals surface area contributed by atoms with Gasteiger partial charge >= 0.3 is 0 Å². The lowest BCUT2D eigenvalue weighted by Crippen LogP contribution is -2.50. The zero-order valence-corrected chi connectivity index (χ0v) is 38.1. The van der Waals surface area contributed by atoms with Gasteiger partial charge in [0, 0.05) is 39.2 Å². The van der Waals surface area contributed by atoms with Gasteiger partial charge in [-0.25, -0.2) is 0 Å². The van der Waals surface area contributed by atoms with Crippen molar-refractivity contribution in [1.29, 1.82) is 0 Å². The van der Waals surface area contributed by atoms with Crippen LogP contribution in [0.15, 0.2) is 182 Å². The first-order valence-electron chi connectivity index (χ1n) is 22.9. The maximum absolute atomic E-state index is 2.60. The summed E-state index contributed by atoms with van der Waals surface area (Å²) in [5, 5.41) is 7.73. The van der Waals surface area contributed by atoms with Crippen molar-refractivity contribution in [2.24, 2.45) is 10.8 Å². The van der Waals surface area contributed by atoms with E-state index >= 15 is 0 Å². The van der Waals surface area contributed by atoms with Crippen molar-refractivity contribution < 1.29 is 0 Å². The average molecular weight is 819 g/mol. The number of para-hydroxylation sites is 2. The summed E-state index contributed by atoms with van der Waals surface area (Å²) in [5.74, 6) is 0. The first-order chi connectivity index (χ1) is 30.5. The smallest absolute Gasteiger partial charge is 0.0543 e. The number of benzene rings is 9. The van der Waals surface area contributed by atoms with E-state index in [2.05, 4.69) is 247 Å². The fraction of sp³-hybridized carbons (Fsp3) is 0.213. The van der Waals surface area contributed by atoms with Crippen LogP contribution < -0.4 is 9.80 Å². The fourth-order valence-corrected chi connectivity index (χ4v) is 11.7. The fourth-order valence-electron chi connectivity index (χ4n) is 11.7. The van der Waals surface area contributed by atoms with E-state index in [4.69, 9.17) is 0 Å². The van der Waals surface area contributed by atoms with Crippen LogP contribution in [-0.2, 0) is 18.3 Å². The quantitative estimate of drug-likeness (QED) is 0.141. The second kappa shape index (κ2) is 15.3. The highest BCUT2D eigenvalue weighted by Gasteiger charge is 2.59. The normalized spacial score (nSPS) is 13.3. The highest BCUT2D eigenvalue weighted by Crippen LogP contribution is 2.69. The minimum atomic E-state index is -0.406. The van der Waals surface area contributed by atoms with Crippen molar-refractivity contribution in [2.75, 3.05) is 9.80 Å². The molecule has 63 heavy (non-hydrogen) atoms. The summed E-state index contributed by atoms with van der Waals surface area (Å²) in [7, 11) is 0. The van der Waals surface area contributed by atoms with Crippen molar-refractivity contribution in [1.82, 2.24) is 0 Å². The number of anilines is 6. The van der Waals surface area contributed by atoms with E-state index in [1.807, 2.05) is 0 Å². The molecule has 9 aromatic rings. The molecule has 1 aliphatic carbocycles. The van der Waals surface area contributed by atoms with E-state index < -0.39 is 5.41 Å². The molecule has 0 heterocycles. The largest absolute Gasteiger partial charge is 0.310 e. The molecule has 0 radical (unpaired) electrons. The Morgan fingerprint density at radius 1 is 0.365 bits per heavy atom. The summed E-state index contributed by atoms with van der Waals surface area (Å²) in [6, 6.07) is 68.3. The average Bonchev–Trinajstić information content (AvgIpc) is 3.64. The van der Waals surface area contributed by atoms with Crippen molar-refractivity contribution in [3.63, 3.8) is 0 Å². The van der Waals surface area contributed by atoms with Crippen LogP contribution in [0.1, 0.15) is 77.6 Å². The molecule has 312 valence electrons. The molecule has 0 aliphatic heterocycles. The number of rotatable bonds is 8. The van der Waals surface area contributed by atoms with Gasteiger partial charge in [0.2, 0.25) is 0 Å². The van der Waals surface area contributed by atoms with Gasteiger partial charge in [-0.1, -0.05) is 171 Å². The van der Waals surface area contributed by atoms with Crippen molar-refractivity contribution in [3.05, 3.63) is 204 Å². The molecule has 0 atom stereocenters. The summed E-state index contributed by atoms with van der Waals surface area (Å²) >= 11 is 0. The molecule has 0 saturated carbocycles. The SMILES string of the molecule is CCc1ccc(N(c2ccccc2)c2ccc3c4c(c5ccccc5c3c2)-c2c(cc(N(c3ccccc3)c3ccc(CC)cc3)c3ccccc23)C4(C(C)(C)C)C(C)(C)C)cc1. The maximum atomic E-state index is 2.60. The van der Waals surface area contributed by atoms with Crippen LogP contribution in [0.2, 0.25) is 0 Å². The summed E-state index contributed by atoms with van der Waals surface area (Å²) in [6.07, 6.45) is 2.02. The molecule has 0 bridgehead atoms. The zero-order valence-electron chi connectivity index (χ0n) is 38.1. The van der Waals surface area contributed by atoms with Crippen LogP contribution in [0.5, 0.6) is 0 Å². The van der Waals surface area contributed by atoms with E-state index in [9.17, 15) is 0 Å². The third-order valence-corrected chi connectivity index (χ3v) is 14.0. The Bertz CT molecular complexity index is 3120. The Hall–Kier alpha value is -6.64. The Labute approximate surface area is 374 Å². The predicted molar refractivity (Wildman–Crippen MR) is 272 cm³/mol. The van der Waals surface area contributed by atoms with E-state index in [0.717, 1.165) is 41.3 Å². The number of nitrogens with zero attached hydrogens (tertiary/aromatic N) is 2. The van der Waals surface area contributed by atoms with E-state index in [1.54, 1.807) is 0 Å². The lowest BCUT2D eigenvalue weighted by Gasteiger charge is -2.53. The molecule has 0 aromatic heterocycles. The molecule has 0 N–H and O–H groups in total. The summed E-state index contributed by atoms with van der Waals surface area (Å²) in [4.78, 5) is 4.91. The molecule has 0 amide bonds. The highest BCUT2D eigenvalue weighted by molar-refractivity contribution is 6.23. The molecular weight excluding hydrogens is 761 g/mol. The van der Waals surface area contributed by atoms with Gasteiger partial charge in [-0.2, -0.15) is 0 Å². The molecule has 2 heteroatoms. The Morgan fingerprint density at radius 3 is 1.32 bits per heavy atom. The molecule has 0 fully saturated rings. The zero-order chi connectivity index (χ0) is 43.7. The van der Waals surface area contributed by atoms with Crippen LogP contribution in [0.25, 0.3) is 43.4 Å². The van der Waals surface area contributed by atoms with Gasteiger partial charge in [-0.05, 0) is 151 Å². The van der Waals surface area contributed by atoms with E-state index in [-0.39, 0.29) is 10.8 Å². The topological polar surface area (TPSA) is 6.48 Å². The molecule has 1 aliphatic rings. The predicted octanol–water partition coefficient (Wildman–Crippen LogP) is 17.6. The molecule has 9 aromatic carbocycles. The summed E-state index contributed by atoms with van der Waals surface area (Å²) < 4.78 is 0. The first kappa shape index (κ1) is 40.4. The lowest BCUT2D eigenvalue weighted by molar-refractivity contribution is 0.0965. The number of hydrogen-bond donors (Lipinski definition) is 0. The molecule has 0 unspecified atom stereocenters. The van der Waals surface area contributed by atoms with E-state index in [1.165, 1.54) is 71.4 Å². The van der Waals surface area contributed by atoms with Crippen molar-refractivity contribution in [2.45, 2.75) is 73.6 Å². The lowest BCUT2D eigenvalue weighted by atomic mass is 9.49. The van der Waals surface area contributed by atoms with Crippen LogP contribution in [-0.4, -0.2) is 0 Å². The van der Waals surface area contributed by atoms with Crippen LogP contribution >= 0.6 is 0 Å². The summed E-state index contributed by atoms with van der Waals surface area (Å²) in [6.45, 7) is 19.3. The number of aryl methyl sites for hydroxylation is 2. The Kier molecular flexibility index (Phi) is 9.83. The molecule has 2 nitrogen and oxygen atoms in total. The third-order valence-electron chi connectivity index (χ3n) is 14.0. The van der Waals surface area contributed by atoms with Gasteiger partial charge < -0.3 is 9.80 Å².